The lowest BCUT2D eigenvalue weighted by molar-refractivity contribution is 0.0162. The maximum atomic E-state index is 11.9. The van der Waals surface area contributed by atoms with Crippen molar-refractivity contribution in [2.75, 3.05) is 18.8 Å². The van der Waals surface area contributed by atoms with Crippen LogP contribution >= 0.6 is 0 Å². The van der Waals surface area contributed by atoms with E-state index in [1.807, 2.05) is 6.92 Å². The topological polar surface area (TPSA) is 64.3 Å². The van der Waals surface area contributed by atoms with Crippen LogP contribution in [0.2, 0.25) is 0 Å². The SMILES string of the molecule is CC(OC(=O)c1ccc(N)cc1)C1CCCNC1. The summed E-state index contributed by atoms with van der Waals surface area (Å²) in [5.41, 5.74) is 6.79. The Balaban J connectivity index is 1.91. The number of anilines is 1. The molecule has 1 aromatic rings. The molecule has 0 spiro atoms. The van der Waals surface area contributed by atoms with Crippen LogP contribution in [0.4, 0.5) is 5.69 Å². The number of carbonyl (C=O) groups excluding carboxylic acids is 1. The molecule has 1 saturated heterocycles. The highest BCUT2D eigenvalue weighted by molar-refractivity contribution is 5.89. The van der Waals surface area contributed by atoms with Crippen molar-refractivity contribution in [3.8, 4) is 0 Å². The zero-order chi connectivity index (χ0) is 13.0. The molecule has 0 radical (unpaired) electrons. The highest BCUT2D eigenvalue weighted by atomic mass is 16.5. The highest BCUT2D eigenvalue weighted by Crippen LogP contribution is 2.18. The average molecular weight is 248 g/mol. The number of rotatable bonds is 3. The molecule has 1 aromatic carbocycles. The van der Waals surface area contributed by atoms with E-state index >= 15 is 0 Å². The Hall–Kier alpha value is -1.55. The Morgan fingerprint density at radius 2 is 2.17 bits per heavy atom. The van der Waals surface area contributed by atoms with Gasteiger partial charge < -0.3 is 15.8 Å². The van der Waals surface area contributed by atoms with E-state index in [0.717, 1.165) is 25.9 Å². The van der Waals surface area contributed by atoms with Crippen molar-refractivity contribution in [2.24, 2.45) is 5.92 Å². The van der Waals surface area contributed by atoms with Crippen molar-refractivity contribution in [1.82, 2.24) is 5.32 Å². The molecule has 0 aliphatic carbocycles. The van der Waals surface area contributed by atoms with Gasteiger partial charge in [0.1, 0.15) is 6.10 Å². The fourth-order valence-electron chi connectivity index (χ4n) is 2.23. The number of piperidine rings is 1. The first-order valence-corrected chi connectivity index (χ1v) is 6.44. The minimum absolute atomic E-state index is 0.0529. The van der Waals surface area contributed by atoms with Gasteiger partial charge in [0.25, 0.3) is 0 Å². The summed E-state index contributed by atoms with van der Waals surface area (Å²) in [4.78, 5) is 11.9. The third kappa shape index (κ3) is 3.23. The molecule has 0 bridgehead atoms. The summed E-state index contributed by atoms with van der Waals surface area (Å²) in [5.74, 6) is 0.143. The molecular weight excluding hydrogens is 228 g/mol. The van der Waals surface area contributed by atoms with Crippen LogP contribution in [-0.2, 0) is 4.74 Å². The van der Waals surface area contributed by atoms with Crippen LogP contribution in [0.1, 0.15) is 30.1 Å². The standard InChI is InChI=1S/C14H20N2O2/c1-10(12-3-2-8-16-9-12)18-14(17)11-4-6-13(15)7-5-11/h4-7,10,12,16H,2-3,8-9,15H2,1H3. The van der Waals surface area contributed by atoms with Crippen molar-refractivity contribution in [1.29, 1.82) is 0 Å². The molecule has 1 aliphatic heterocycles. The number of hydrogen-bond donors (Lipinski definition) is 2. The third-order valence-corrected chi connectivity index (χ3v) is 3.44. The lowest BCUT2D eigenvalue weighted by atomic mass is 9.94. The second-order valence-electron chi connectivity index (χ2n) is 4.84. The number of nitrogen functional groups attached to an aromatic ring is 1. The van der Waals surface area contributed by atoms with Gasteiger partial charge in [0.05, 0.1) is 5.56 Å². The van der Waals surface area contributed by atoms with Crippen LogP contribution < -0.4 is 11.1 Å². The summed E-state index contributed by atoms with van der Waals surface area (Å²) in [6, 6.07) is 6.82. The first-order valence-electron chi connectivity index (χ1n) is 6.44. The van der Waals surface area contributed by atoms with E-state index in [0.29, 0.717) is 17.2 Å². The van der Waals surface area contributed by atoms with E-state index in [9.17, 15) is 4.79 Å². The predicted octanol–water partition coefficient (Wildman–Crippen LogP) is 1.81. The van der Waals surface area contributed by atoms with Gasteiger partial charge in [0, 0.05) is 18.2 Å². The lowest BCUT2D eigenvalue weighted by Crippen LogP contribution is -2.37. The second-order valence-corrected chi connectivity index (χ2v) is 4.84. The van der Waals surface area contributed by atoms with Gasteiger partial charge in [0.2, 0.25) is 0 Å². The maximum absolute atomic E-state index is 11.9. The summed E-state index contributed by atoms with van der Waals surface area (Å²) in [6.07, 6.45) is 2.21. The van der Waals surface area contributed by atoms with Gasteiger partial charge in [-0.25, -0.2) is 4.79 Å². The van der Waals surface area contributed by atoms with Crippen molar-refractivity contribution in [3.05, 3.63) is 29.8 Å². The number of esters is 1. The summed E-state index contributed by atoms with van der Waals surface area (Å²) in [5, 5.41) is 3.33. The van der Waals surface area contributed by atoms with Gasteiger partial charge in [-0.05, 0) is 50.6 Å². The quantitative estimate of drug-likeness (QED) is 0.632. The van der Waals surface area contributed by atoms with Gasteiger partial charge >= 0.3 is 5.97 Å². The highest BCUT2D eigenvalue weighted by Gasteiger charge is 2.23. The molecule has 1 heterocycles. The molecule has 2 rings (SSSR count). The molecule has 2 atom stereocenters. The molecule has 1 aliphatic rings. The summed E-state index contributed by atoms with van der Waals surface area (Å²) in [6.45, 7) is 3.96. The molecule has 4 nitrogen and oxygen atoms in total. The lowest BCUT2D eigenvalue weighted by Gasteiger charge is -2.28. The van der Waals surface area contributed by atoms with Crippen LogP contribution in [0.5, 0.6) is 0 Å². The Morgan fingerprint density at radius 1 is 1.44 bits per heavy atom. The van der Waals surface area contributed by atoms with E-state index in [1.54, 1.807) is 24.3 Å². The Morgan fingerprint density at radius 3 is 2.78 bits per heavy atom. The smallest absolute Gasteiger partial charge is 0.338 e. The van der Waals surface area contributed by atoms with Crippen molar-refractivity contribution < 1.29 is 9.53 Å². The fraction of sp³-hybridized carbons (Fsp3) is 0.500. The van der Waals surface area contributed by atoms with Crippen LogP contribution in [0.25, 0.3) is 0 Å². The molecular formula is C14H20N2O2. The summed E-state index contributed by atoms with van der Waals surface area (Å²) in [7, 11) is 0. The number of hydrogen-bond acceptors (Lipinski definition) is 4. The second kappa shape index (κ2) is 5.87. The summed E-state index contributed by atoms with van der Waals surface area (Å²) < 4.78 is 5.50. The number of nitrogens with two attached hydrogens (primary N) is 1. The largest absolute Gasteiger partial charge is 0.459 e. The molecule has 1 fully saturated rings. The average Bonchev–Trinajstić information content (AvgIpc) is 2.40. The Kier molecular flexibility index (Phi) is 4.20. The first-order chi connectivity index (χ1) is 8.66. The molecule has 0 amide bonds. The Labute approximate surface area is 108 Å². The van der Waals surface area contributed by atoms with E-state index in [4.69, 9.17) is 10.5 Å². The minimum atomic E-state index is -0.270. The number of ether oxygens (including phenoxy) is 1. The van der Waals surface area contributed by atoms with Crippen LogP contribution in [0, 0.1) is 5.92 Å². The first kappa shape index (κ1) is 12.9. The minimum Gasteiger partial charge on any atom is -0.459 e. The van der Waals surface area contributed by atoms with E-state index < -0.39 is 0 Å². The third-order valence-electron chi connectivity index (χ3n) is 3.44. The van der Waals surface area contributed by atoms with Gasteiger partial charge in [-0.15, -0.1) is 0 Å². The molecule has 0 aromatic heterocycles. The number of nitrogens with one attached hydrogen (secondary N) is 1. The van der Waals surface area contributed by atoms with Crippen molar-refractivity contribution >= 4 is 11.7 Å². The zero-order valence-corrected chi connectivity index (χ0v) is 10.7. The fourth-order valence-corrected chi connectivity index (χ4v) is 2.23. The molecule has 98 valence electrons. The van der Waals surface area contributed by atoms with Gasteiger partial charge in [0.15, 0.2) is 0 Å². The molecule has 3 N–H and O–H groups in total. The van der Waals surface area contributed by atoms with E-state index in [1.165, 1.54) is 0 Å². The molecule has 0 saturated carbocycles. The normalized spacial score (nSPS) is 21.3. The van der Waals surface area contributed by atoms with Gasteiger partial charge in [-0.3, -0.25) is 0 Å². The van der Waals surface area contributed by atoms with Gasteiger partial charge in [-0.2, -0.15) is 0 Å². The molecule has 4 heteroatoms. The number of carbonyl (C=O) groups is 1. The molecule has 2 unspecified atom stereocenters. The van der Waals surface area contributed by atoms with Crippen LogP contribution in [-0.4, -0.2) is 25.2 Å². The van der Waals surface area contributed by atoms with Crippen molar-refractivity contribution in [2.45, 2.75) is 25.9 Å². The van der Waals surface area contributed by atoms with Crippen LogP contribution in [0.15, 0.2) is 24.3 Å². The number of benzene rings is 1. The van der Waals surface area contributed by atoms with Crippen molar-refractivity contribution in [3.63, 3.8) is 0 Å². The van der Waals surface area contributed by atoms with Gasteiger partial charge in [-0.1, -0.05) is 0 Å². The zero-order valence-electron chi connectivity index (χ0n) is 10.7. The maximum Gasteiger partial charge on any atom is 0.338 e. The van der Waals surface area contributed by atoms with E-state index in [-0.39, 0.29) is 12.1 Å². The monoisotopic (exact) mass is 248 g/mol. The molecule has 18 heavy (non-hydrogen) atoms. The Bertz CT molecular complexity index is 397. The van der Waals surface area contributed by atoms with Crippen LogP contribution in [0.3, 0.4) is 0 Å². The predicted molar refractivity (Wildman–Crippen MR) is 71.3 cm³/mol. The summed E-state index contributed by atoms with van der Waals surface area (Å²) >= 11 is 0. The van der Waals surface area contributed by atoms with E-state index in [2.05, 4.69) is 5.32 Å².